The molecule has 0 aliphatic heterocycles. The highest BCUT2D eigenvalue weighted by molar-refractivity contribution is 6.30. The average Bonchev–Trinajstić information content (AvgIpc) is 2.47. The van der Waals surface area contributed by atoms with Gasteiger partial charge in [0.2, 0.25) is 0 Å². The molecule has 1 amide bonds. The molecule has 1 rings (SSSR count). The van der Waals surface area contributed by atoms with E-state index in [2.05, 4.69) is 4.74 Å². The first-order chi connectivity index (χ1) is 9.97. The van der Waals surface area contributed by atoms with Crippen molar-refractivity contribution >= 4 is 23.5 Å². The zero-order chi connectivity index (χ0) is 15.8. The average molecular weight is 314 g/mol. The fourth-order valence-electron chi connectivity index (χ4n) is 1.80. The molecule has 0 radical (unpaired) electrons. The Morgan fingerprint density at radius 3 is 2.67 bits per heavy atom. The van der Waals surface area contributed by atoms with Crippen molar-refractivity contribution in [3.63, 3.8) is 0 Å². The molecular formula is C15H20ClNO4. The summed E-state index contributed by atoms with van der Waals surface area (Å²) in [5.74, 6) is 0.0124. The zero-order valence-electron chi connectivity index (χ0n) is 12.5. The number of ether oxygens (including phenoxy) is 2. The second-order valence-corrected chi connectivity index (χ2v) is 4.90. The van der Waals surface area contributed by atoms with E-state index >= 15 is 0 Å². The van der Waals surface area contributed by atoms with Crippen LogP contribution in [0.25, 0.3) is 0 Å². The second kappa shape index (κ2) is 8.52. The summed E-state index contributed by atoms with van der Waals surface area (Å²) in [6.07, 6.45) is -0.485. The minimum Gasteiger partial charge on any atom is -0.481 e. The maximum atomic E-state index is 12.3. The van der Waals surface area contributed by atoms with E-state index in [0.717, 1.165) is 0 Å². The van der Waals surface area contributed by atoms with Gasteiger partial charge in [-0.05, 0) is 32.0 Å². The summed E-state index contributed by atoms with van der Waals surface area (Å²) in [4.78, 5) is 25.0. The van der Waals surface area contributed by atoms with E-state index in [1.807, 2.05) is 6.92 Å². The Balaban J connectivity index is 2.60. The van der Waals surface area contributed by atoms with Crippen LogP contribution in [0.3, 0.4) is 0 Å². The van der Waals surface area contributed by atoms with E-state index in [9.17, 15) is 9.59 Å². The monoisotopic (exact) mass is 313 g/mol. The lowest BCUT2D eigenvalue weighted by Gasteiger charge is -2.24. The summed E-state index contributed by atoms with van der Waals surface area (Å²) >= 11 is 5.87. The Labute approximate surface area is 129 Å². The number of halogens is 1. The molecule has 0 aliphatic carbocycles. The number of esters is 1. The highest BCUT2D eigenvalue weighted by atomic mass is 35.5. The van der Waals surface area contributed by atoms with E-state index in [1.54, 1.807) is 36.1 Å². The fraction of sp³-hybridized carbons (Fsp3) is 0.467. The molecule has 1 aromatic carbocycles. The molecule has 0 aliphatic rings. The van der Waals surface area contributed by atoms with Crippen LogP contribution in [0.5, 0.6) is 5.75 Å². The largest absolute Gasteiger partial charge is 0.481 e. The molecule has 5 nitrogen and oxygen atoms in total. The SMILES string of the molecule is CCN(CCC(=O)OC)C(=O)C(C)Oc1cccc(Cl)c1. The van der Waals surface area contributed by atoms with Crippen molar-refractivity contribution in [3.8, 4) is 5.75 Å². The van der Waals surface area contributed by atoms with Crippen LogP contribution in [0.15, 0.2) is 24.3 Å². The maximum Gasteiger partial charge on any atom is 0.307 e. The number of methoxy groups -OCH3 is 1. The maximum absolute atomic E-state index is 12.3. The summed E-state index contributed by atoms with van der Waals surface area (Å²) in [6.45, 7) is 4.33. The van der Waals surface area contributed by atoms with Gasteiger partial charge in [0.25, 0.3) is 5.91 Å². The van der Waals surface area contributed by atoms with Gasteiger partial charge in [-0.1, -0.05) is 17.7 Å². The van der Waals surface area contributed by atoms with E-state index in [-0.39, 0.29) is 18.3 Å². The van der Waals surface area contributed by atoms with E-state index in [0.29, 0.717) is 23.9 Å². The molecule has 0 bridgehead atoms. The lowest BCUT2D eigenvalue weighted by Crippen LogP contribution is -2.41. The van der Waals surface area contributed by atoms with E-state index in [4.69, 9.17) is 16.3 Å². The summed E-state index contributed by atoms with van der Waals surface area (Å²) < 4.78 is 10.2. The number of benzene rings is 1. The number of rotatable bonds is 7. The zero-order valence-corrected chi connectivity index (χ0v) is 13.2. The van der Waals surface area contributed by atoms with Crippen LogP contribution in [0.2, 0.25) is 5.02 Å². The minimum absolute atomic E-state index is 0.167. The number of amides is 1. The standard InChI is InChI=1S/C15H20ClNO4/c1-4-17(9-8-14(18)20-3)15(19)11(2)21-13-7-5-6-12(16)10-13/h5-7,10-11H,4,8-9H2,1-3H3. The third kappa shape index (κ3) is 5.63. The van der Waals surface area contributed by atoms with Crippen LogP contribution < -0.4 is 4.74 Å². The molecule has 1 atom stereocenters. The Kier molecular flexibility index (Phi) is 7.02. The smallest absolute Gasteiger partial charge is 0.307 e. The Morgan fingerprint density at radius 1 is 1.38 bits per heavy atom. The van der Waals surface area contributed by atoms with Crippen molar-refractivity contribution in [1.29, 1.82) is 0 Å². The van der Waals surface area contributed by atoms with Gasteiger partial charge in [0.1, 0.15) is 5.75 Å². The minimum atomic E-state index is -0.652. The molecule has 0 fully saturated rings. The molecule has 0 aromatic heterocycles. The number of likely N-dealkylation sites (N-methyl/N-ethyl adjacent to an activating group) is 1. The number of hydrogen-bond donors (Lipinski definition) is 0. The Morgan fingerprint density at radius 2 is 2.10 bits per heavy atom. The fourth-order valence-corrected chi connectivity index (χ4v) is 1.98. The van der Waals surface area contributed by atoms with Crippen LogP contribution >= 0.6 is 11.6 Å². The molecule has 0 saturated carbocycles. The van der Waals surface area contributed by atoms with Crippen molar-refractivity contribution in [1.82, 2.24) is 4.90 Å². The molecule has 1 unspecified atom stereocenters. The summed E-state index contributed by atoms with van der Waals surface area (Å²) in [5, 5.41) is 0.546. The predicted octanol–water partition coefficient (Wildman–Crippen LogP) is 2.52. The second-order valence-electron chi connectivity index (χ2n) is 4.46. The number of carbonyl (C=O) groups excluding carboxylic acids is 2. The molecule has 0 spiro atoms. The molecule has 0 N–H and O–H groups in total. The quantitative estimate of drug-likeness (QED) is 0.726. The summed E-state index contributed by atoms with van der Waals surface area (Å²) in [7, 11) is 1.32. The lowest BCUT2D eigenvalue weighted by molar-refractivity contribution is -0.143. The van der Waals surface area contributed by atoms with Gasteiger partial charge in [-0.3, -0.25) is 9.59 Å². The van der Waals surface area contributed by atoms with E-state index < -0.39 is 6.10 Å². The first kappa shape index (κ1) is 17.3. The van der Waals surface area contributed by atoms with Crippen LogP contribution in [-0.4, -0.2) is 43.1 Å². The normalized spacial score (nSPS) is 11.6. The van der Waals surface area contributed by atoms with Crippen LogP contribution in [0, 0.1) is 0 Å². The van der Waals surface area contributed by atoms with Gasteiger partial charge >= 0.3 is 5.97 Å². The van der Waals surface area contributed by atoms with Gasteiger partial charge in [0.15, 0.2) is 6.10 Å². The molecule has 116 valence electrons. The van der Waals surface area contributed by atoms with Gasteiger partial charge in [-0.2, -0.15) is 0 Å². The molecular weight excluding hydrogens is 294 g/mol. The van der Waals surface area contributed by atoms with Crippen molar-refractivity contribution in [2.45, 2.75) is 26.4 Å². The third-order valence-electron chi connectivity index (χ3n) is 2.96. The Bertz CT molecular complexity index is 492. The topological polar surface area (TPSA) is 55.8 Å². The van der Waals surface area contributed by atoms with Gasteiger partial charge in [-0.15, -0.1) is 0 Å². The van der Waals surface area contributed by atoms with Gasteiger partial charge in [-0.25, -0.2) is 0 Å². The first-order valence-electron chi connectivity index (χ1n) is 6.75. The van der Waals surface area contributed by atoms with Crippen molar-refractivity contribution in [3.05, 3.63) is 29.3 Å². The molecule has 1 aromatic rings. The van der Waals surface area contributed by atoms with Gasteiger partial charge < -0.3 is 14.4 Å². The first-order valence-corrected chi connectivity index (χ1v) is 7.13. The number of carbonyl (C=O) groups is 2. The Hall–Kier alpha value is -1.75. The van der Waals surface area contributed by atoms with Crippen molar-refractivity contribution in [2.24, 2.45) is 0 Å². The highest BCUT2D eigenvalue weighted by Crippen LogP contribution is 2.18. The highest BCUT2D eigenvalue weighted by Gasteiger charge is 2.21. The van der Waals surface area contributed by atoms with Crippen molar-refractivity contribution < 1.29 is 19.1 Å². The molecule has 21 heavy (non-hydrogen) atoms. The van der Waals surface area contributed by atoms with Gasteiger partial charge in [0.05, 0.1) is 13.5 Å². The number of nitrogens with zero attached hydrogens (tertiary/aromatic N) is 1. The predicted molar refractivity (Wildman–Crippen MR) is 80.4 cm³/mol. The lowest BCUT2D eigenvalue weighted by atomic mass is 10.3. The van der Waals surface area contributed by atoms with E-state index in [1.165, 1.54) is 7.11 Å². The van der Waals surface area contributed by atoms with Crippen LogP contribution in [-0.2, 0) is 14.3 Å². The van der Waals surface area contributed by atoms with Crippen molar-refractivity contribution in [2.75, 3.05) is 20.2 Å². The molecule has 6 heteroatoms. The number of hydrogen-bond acceptors (Lipinski definition) is 4. The van der Waals surface area contributed by atoms with Crippen LogP contribution in [0.1, 0.15) is 20.3 Å². The van der Waals surface area contributed by atoms with Crippen LogP contribution in [0.4, 0.5) is 0 Å². The third-order valence-corrected chi connectivity index (χ3v) is 3.20. The summed E-state index contributed by atoms with van der Waals surface area (Å²) in [6, 6.07) is 6.87. The molecule has 0 saturated heterocycles. The molecule has 0 heterocycles. The van der Waals surface area contributed by atoms with Gasteiger partial charge in [0, 0.05) is 18.1 Å². The summed E-state index contributed by atoms with van der Waals surface area (Å²) in [5.41, 5.74) is 0.